The minimum absolute atomic E-state index is 0.0659. The van der Waals surface area contributed by atoms with Crippen molar-refractivity contribution in [2.45, 2.75) is 38.3 Å². The highest BCUT2D eigenvalue weighted by Crippen LogP contribution is 2.39. The van der Waals surface area contributed by atoms with Crippen LogP contribution in [0.4, 0.5) is 11.6 Å². The Labute approximate surface area is 188 Å². The minimum Gasteiger partial charge on any atom is -0.383 e. The summed E-state index contributed by atoms with van der Waals surface area (Å²) in [7, 11) is 1.67. The van der Waals surface area contributed by atoms with Gasteiger partial charge >= 0.3 is 0 Å². The molecule has 5 rings (SSSR count). The first-order valence-corrected chi connectivity index (χ1v) is 10.8. The van der Waals surface area contributed by atoms with Crippen molar-refractivity contribution in [3.63, 3.8) is 0 Å². The molecule has 0 spiro atoms. The maximum Gasteiger partial charge on any atom is 0.260 e. The molecule has 0 unspecified atom stereocenters. The number of anilines is 2. The predicted molar refractivity (Wildman–Crippen MR) is 122 cm³/mol. The number of aromatic nitrogens is 7. The van der Waals surface area contributed by atoms with Gasteiger partial charge in [-0.1, -0.05) is 30.7 Å². The molecule has 0 radical (unpaired) electrons. The Morgan fingerprint density at radius 3 is 2.81 bits per heavy atom. The maximum atomic E-state index is 13.4. The third kappa shape index (κ3) is 3.46. The molecule has 1 aliphatic carbocycles. The van der Waals surface area contributed by atoms with Gasteiger partial charge in [-0.25, -0.2) is 9.97 Å². The fourth-order valence-corrected chi connectivity index (χ4v) is 4.26. The van der Waals surface area contributed by atoms with E-state index in [-0.39, 0.29) is 23.5 Å². The van der Waals surface area contributed by atoms with E-state index in [2.05, 4.69) is 30.7 Å². The van der Waals surface area contributed by atoms with Gasteiger partial charge in [-0.3, -0.25) is 4.79 Å². The zero-order valence-corrected chi connectivity index (χ0v) is 18.4. The van der Waals surface area contributed by atoms with E-state index in [0.717, 1.165) is 23.9 Å². The number of hydrogen-bond acceptors (Lipinski definition) is 8. The lowest BCUT2D eigenvalue weighted by atomic mass is 10.0. The highest BCUT2D eigenvalue weighted by atomic mass is 35.5. The quantitative estimate of drug-likeness (QED) is 0.457. The first-order chi connectivity index (χ1) is 15.5. The number of pyridine rings is 1. The Morgan fingerprint density at radius 1 is 1.31 bits per heavy atom. The van der Waals surface area contributed by atoms with Crippen LogP contribution in [0.25, 0.3) is 22.2 Å². The topological polar surface area (TPSA) is 129 Å². The Kier molecular flexibility index (Phi) is 5.01. The second-order valence-corrected chi connectivity index (χ2v) is 8.28. The van der Waals surface area contributed by atoms with Gasteiger partial charge < -0.3 is 15.6 Å². The average Bonchev–Trinajstić information content (AvgIpc) is 3.51. The van der Waals surface area contributed by atoms with Crippen LogP contribution in [0.15, 0.2) is 35.4 Å². The van der Waals surface area contributed by atoms with E-state index < -0.39 is 0 Å². The summed E-state index contributed by atoms with van der Waals surface area (Å²) < 4.78 is 1.88. The Hall–Kier alpha value is -3.53. The third-order valence-corrected chi connectivity index (χ3v) is 5.97. The molecular weight excluding hydrogens is 430 g/mol. The summed E-state index contributed by atoms with van der Waals surface area (Å²) in [6.45, 7) is 2.05. The van der Waals surface area contributed by atoms with E-state index in [1.807, 2.05) is 29.7 Å². The summed E-state index contributed by atoms with van der Waals surface area (Å²) in [6, 6.07) is 7.51. The van der Waals surface area contributed by atoms with E-state index in [0.29, 0.717) is 34.0 Å². The van der Waals surface area contributed by atoms with Crippen molar-refractivity contribution in [2.75, 3.05) is 11.1 Å². The lowest BCUT2D eigenvalue weighted by molar-refractivity contribution is 0.604. The predicted octanol–water partition coefficient (Wildman–Crippen LogP) is 3.12. The molecule has 0 saturated heterocycles. The van der Waals surface area contributed by atoms with Crippen molar-refractivity contribution in [3.8, 4) is 11.4 Å². The molecular formula is C21H22ClN9O. The molecule has 1 aromatic carbocycles. The first-order valence-electron chi connectivity index (χ1n) is 10.4. The zero-order valence-electron chi connectivity index (χ0n) is 17.7. The van der Waals surface area contributed by atoms with Gasteiger partial charge in [-0.2, -0.15) is 4.80 Å². The van der Waals surface area contributed by atoms with Crippen molar-refractivity contribution >= 4 is 34.0 Å². The van der Waals surface area contributed by atoms with Gasteiger partial charge in [-0.05, 0) is 42.0 Å². The minimum atomic E-state index is -0.212. The number of tetrazole rings is 1. The highest BCUT2D eigenvalue weighted by Gasteiger charge is 2.31. The Balaban J connectivity index is 1.64. The van der Waals surface area contributed by atoms with Gasteiger partial charge in [0.05, 0.1) is 23.5 Å². The van der Waals surface area contributed by atoms with Crippen LogP contribution in [-0.4, -0.2) is 34.7 Å². The van der Waals surface area contributed by atoms with Gasteiger partial charge in [0, 0.05) is 11.7 Å². The Morgan fingerprint density at radius 2 is 2.12 bits per heavy atom. The second-order valence-electron chi connectivity index (χ2n) is 7.87. The molecule has 3 N–H and O–H groups in total. The number of benzene rings is 1. The van der Waals surface area contributed by atoms with Gasteiger partial charge in [0.15, 0.2) is 0 Å². The van der Waals surface area contributed by atoms with Crippen LogP contribution in [0.2, 0.25) is 5.02 Å². The SMILES string of the molecule is CC[C@H](Nc1ncnc(N)c1-c1nnn(C)n1)c1cc2cccc(Cl)c2c(=O)n1C1CC1. The number of aryl methyl sites for hydroxylation is 1. The van der Waals surface area contributed by atoms with Crippen LogP contribution in [0.3, 0.4) is 0 Å². The molecule has 10 nitrogen and oxygen atoms in total. The van der Waals surface area contributed by atoms with Crippen LogP contribution in [0.1, 0.15) is 44.0 Å². The fourth-order valence-electron chi connectivity index (χ4n) is 3.99. The first kappa shape index (κ1) is 20.4. The zero-order chi connectivity index (χ0) is 22.4. The van der Waals surface area contributed by atoms with Gasteiger partial charge in [0.25, 0.3) is 5.56 Å². The third-order valence-electron chi connectivity index (χ3n) is 5.66. The molecule has 1 atom stereocenters. The molecule has 0 aliphatic heterocycles. The number of nitrogens with one attached hydrogen (secondary N) is 1. The summed E-state index contributed by atoms with van der Waals surface area (Å²) >= 11 is 6.38. The van der Waals surface area contributed by atoms with Crippen molar-refractivity contribution < 1.29 is 0 Å². The number of nitrogen functional groups attached to an aromatic ring is 1. The van der Waals surface area contributed by atoms with Crippen molar-refractivity contribution in [1.29, 1.82) is 0 Å². The molecule has 3 heterocycles. The molecule has 164 valence electrons. The lowest BCUT2D eigenvalue weighted by Gasteiger charge is -2.24. The molecule has 32 heavy (non-hydrogen) atoms. The molecule has 11 heteroatoms. The number of fused-ring (bicyclic) bond motifs is 1. The lowest BCUT2D eigenvalue weighted by Crippen LogP contribution is -2.27. The standard InChI is InChI=1S/C21H22ClN9O/c1-3-14(26-19-17(18(23)24-10-25-19)20-27-29-30(2)28-20)15-9-11-5-4-6-13(22)16(11)21(32)31(15)12-7-8-12/h4-6,9-10,12,14H,3,7-8H2,1-2H3,(H3,23,24,25,26)/t14-/m0/s1. The molecule has 1 saturated carbocycles. The molecule has 0 amide bonds. The monoisotopic (exact) mass is 451 g/mol. The van der Waals surface area contributed by atoms with Crippen LogP contribution < -0.4 is 16.6 Å². The van der Waals surface area contributed by atoms with E-state index in [1.165, 1.54) is 11.1 Å². The van der Waals surface area contributed by atoms with Crippen LogP contribution in [0.5, 0.6) is 0 Å². The van der Waals surface area contributed by atoms with Crippen molar-refractivity contribution in [1.82, 2.24) is 34.7 Å². The van der Waals surface area contributed by atoms with Crippen LogP contribution in [-0.2, 0) is 7.05 Å². The molecule has 1 fully saturated rings. The molecule has 0 bridgehead atoms. The van der Waals surface area contributed by atoms with Crippen molar-refractivity contribution in [3.05, 3.63) is 51.7 Å². The fraction of sp³-hybridized carbons (Fsp3) is 0.333. The summed E-state index contributed by atoms with van der Waals surface area (Å²) in [6.07, 6.45) is 4.02. The second kappa shape index (κ2) is 7.86. The Bertz CT molecular complexity index is 1380. The summed E-state index contributed by atoms with van der Waals surface area (Å²) in [4.78, 5) is 23.3. The maximum absolute atomic E-state index is 13.4. The number of halogens is 1. The number of hydrogen-bond donors (Lipinski definition) is 2. The molecule has 3 aromatic heterocycles. The smallest absolute Gasteiger partial charge is 0.260 e. The molecule has 1 aliphatic rings. The number of nitrogens with zero attached hydrogens (tertiary/aromatic N) is 7. The van der Waals surface area contributed by atoms with Crippen LogP contribution in [0, 0.1) is 0 Å². The highest BCUT2D eigenvalue weighted by molar-refractivity contribution is 6.35. The van der Waals surface area contributed by atoms with Gasteiger partial charge in [0.1, 0.15) is 23.5 Å². The van der Waals surface area contributed by atoms with E-state index in [4.69, 9.17) is 17.3 Å². The number of nitrogens with two attached hydrogens (primary N) is 1. The largest absolute Gasteiger partial charge is 0.383 e. The number of rotatable bonds is 6. The van der Waals surface area contributed by atoms with Crippen molar-refractivity contribution in [2.24, 2.45) is 7.05 Å². The van der Waals surface area contributed by atoms with Crippen LogP contribution >= 0.6 is 11.6 Å². The summed E-state index contributed by atoms with van der Waals surface area (Å²) in [5.41, 5.74) is 7.43. The van der Waals surface area contributed by atoms with E-state index >= 15 is 0 Å². The van der Waals surface area contributed by atoms with Gasteiger partial charge in [0.2, 0.25) is 5.82 Å². The van der Waals surface area contributed by atoms with Gasteiger partial charge in [-0.15, -0.1) is 10.2 Å². The average molecular weight is 452 g/mol. The normalized spacial score (nSPS) is 14.6. The van der Waals surface area contributed by atoms with E-state index in [1.54, 1.807) is 13.1 Å². The molecule has 4 aromatic rings. The summed E-state index contributed by atoms with van der Waals surface area (Å²) in [5, 5.41) is 17.5. The van der Waals surface area contributed by atoms with E-state index in [9.17, 15) is 4.79 Å². The summed E-state index contributed by atoms with van der Waals surface area (Å²) in [5.74, 6) is 1.06.